The van der Waals surface area contributed by atoms with Gasteiger partial charge in [0.2, 0.25) is 5.75 Å². The van der Waals surface area contributed by atoms with Crippen molar-refractivity contribution in [3.63, 3.8) is 0 Å². The smallest absolute Gasteiger partial charge is 0.312 e. The highest BCUT2D eigenvalue weighted by molar-refractivity contribution is 5.96. The van der Waals surface area contributed by atoms with E-state index in [1.54, 1.807) is 18.2 Å². The fourth-order valence-electron chi connectivity index (χ4n) is 4.35. The fraction of sp³-hybridized carbons (Fsp3) is 0.185. The van der Waals surface area contributed by atoms with Crippen molar-refractivity contribution in [3.8, 4) is 34.3 Å². The molecule has 1 atom stereocenters. The van der Waals surface area contributed by atoms with Gasteiger partial charge < -0.3 is 24.1 Å². The zero-order chi connectivity index (χ0) is 24.0. The molecular weight excluding hydrogens is 436 g/mol. The minimum atomic E-state index is -0.692. The summed E-state index contributed by atoms with van der Waals surface area (Å²) in [6, 6.07) is 17.6. The first-order valence-electron chi connectivity index (χ1n) is 10.9. The highest BCUT2D eigenvalue weighted by atomic mass is 16.5. The van der Waals surface area contributed by atoms with Gasteiger partial charge in [-0.2, -0.15) is 0 Å². The van der Waals surface area contributed by atoms with Crippen molar-refractivity contribution in [3.05, 3.63) is 82.0 Å². The van der Waals surface area contributed by atoms with Crippen LogP contribution >= 0.6 is 0 Å². The van der Waals surface area contributed by atoms with Crippen molar-refractivity contribution in [2.45, 2.75) is 32.3 Å². The van der Waals surface area contributed by atoms with Crippen molar-refractivity contribution >= 4 is 16.9 Å². The number of aromatic hydroxyl groups is 2. The van der Waals surface area contributed by atoms with Crippen molar-refractivity contribution in [2.75, 3.05) is 0 Å². The number of fused-ring (bicyclic) bond motifs is 3. The molecule has 0 bridgehead atoms. The lowest BCUT2D eigenvalue weighted by Crippen LogP contribution is -2.23. The Bertz CT molecular complexity index is 1470. The number of rotatable bonds is 4. The molecule has 7 nitrogen and oxygen atoms in total. The van der Waals surface area contributed by atoms with Crippen LogP contribution in [0, 0.1) is 0 Å². The Morgan fingerprint density at radius 1 is 0.971 bits per heavy atom. The summed E-state index contributed by atoms with van der Waals surface area (Å²) in [6.07, 6.45) is -0.187. The molecule has 0 radical (unpaired) electrons. The number of phenolic OH excluding ortho intramolecular Hbond substituents is 2. The normalized spacial score (nSPS) is 15.3. The molecule has 0 aliphatic carbocycles. The summed E-state index contributed by atoms with van der Waals surface area (Å²) >= 11 is 0. The summed E-state index contributed by atoms with van der Waals surface area (Å²) in [5.41, 5.74) is 1.16. The molecular formula is C27H22O7. The number of esters is 1. The Hall–Kier alpha value is -4.26. The van der Waals surface area contributed by atoms with E-state index in [-0.39, 0.29) is 35.0 Å². The van der Waals surface area contributed by atoms with Crippen molar-refractivity contribution in [1.82, 2.24) is 0 Å². The number of phenols is 2. The number of hydrogen-bond donors (Lipinski definition) is 2. The summed E-state index contributed by atoms with van der Waals surface area (Å²) in [5.74, 6) is -1.98. The first-order chi connectivity index (χ1) is 16.3. The van der Waals surface area contributed by atoms with Crippen LogP contribution in [0.2, 0.25) is 0 Å². The lowest BCUT2D eigenvalue weighted by Gasteiger charge is -2.28. The molecule has 4 aromatic rings. The number of ether oxygens (including phenoxy) is 2. The van der Waals surface area contributed by atoms with Crippen molar-refractivity contribution in [2.24, 2.45) is 0 Å². The Labute approximate surface area is 194 Å². The van der Waals surface area contributed by atoms with Crippen LogP contribution in [0.25, 0.3) is 22.3 Å². The first-order valence-corrected chi connectivity index (χ1v) is 10.9. The number of hydrogen-bond acceptors (Lipinski definition) is 7. The van der Waals surface area contributed by atoms with Crippen LogP contribution in [0.15, 0.2) is 69.9 Å². The van der Waals surface area contributed by atoms with Crippen molar-refractivity contribution < 1.29 is 28.9 Å². The topological polar surface area (TPSA) is 106 Å². The highest BCUT2D eigenvalue weighted by Gasteiger charge is 2.37. The van der Waals surface area contributed by atoms with Crippen LogP contribution < -0.4 is 14.9 Å². The van der Waals surface area contributed by atoms with Crippen LogP contribution in [0.1, 0.15) is 37.3 Å². The number of carbonyl (C=O) groups is 1. The second kappa shape index (κ2) is 8.26. The Morgan fingerprint density at radius 2 is 1.68 bits per heavy atom. The quantitative estimate of drug-likeness (QED) is 0.249. The monoisotopic (exact) mass is 458 g/mol. The van der Waals surface area contributed by atoms with Gasteiger partial charge in [-0.05, 0) is 19.9 Å². The lowest BCUT2D eigenvalue weighted by atomic mass is 9.84. The summed E-state index contributed by atoms with van der Waals surface area (Å²) in [7, 11) is 0. The predicted molar refractivity (Wildman–Crippen MR) is 126 cm³/mol. The molecule has 34 heavy (non-hydrogen) atoms. The van der Waals surface area contributed by atoms with Crippen LogP contribution in [0.5, 0.6) is 23.0 Å². The summed E-state index contributed by atoms with van der Waals surface area (Å²) < 4.78 is 17.5. The highest BCUT2D eigenvalue weighted by Crippen LogP contribution is 2.53. The fourth-order valence-corrected chi connectivity index (χ4v) is 4.35. The van der Waals surface area contributed by atoms with E-state index < -0.39 is 28.8 Å². The van der Waals surface area contributed by atoms with E-state index in [0.717, 1.165) is 0 Å². The van der Waals surface area contributed by atoms with E-state index in [9.17, 15) is 19.8 Å². The molecule has 0 unspecified atom stereocenters. The standard InChI is InChI=1S/C27H22O7/c1-14(2)32-19-11-7-6-10-16(19)17-12-21(29)34-27-22(17)26-23(24(30)25(27)31)18(28)13-20(33-26)15-8-4-3-5-9-15/h3-11,13-14,17,30-31H,12H2,1-2H3/t17-/m0/s1. The third kappa shape index (κ3) is 3.55. The SMILES string of the molecule is CC(C)Oc1ccccc1[C@@H]1CC(=O)Oc2c(O)c(O)c3c(=O)cc(-c4ccccc4)oc3c21. The van der Waals surface area contributed by atoms with Gasteiger partial charge in [0.25, 0.3) is 0 Å². The molecule has 0 fully saturated rings. The summed E-state index contributed by atoms with van der Waals surface area (Å²) in [4.78, 5) is 25.6. The zero-order valence-electron chi connectivity index (χ0n) is 18.6. The van der Waals surface area contributed by atoms with Gasteiger partial charge in [-0.3, -0.25) is 9.59 Å². The van der Waals surface area contributed by atoms with Gasteiger partial charge in [0.05, 0.1) is 18.1 Å². The average Bonchev–Trinajstić information content (AvgIpc) is 2.82. The van der Waals surface area contributed by atoms with Crippen LogP contribution in [-0.2, 0) is 4.79 Å². The third-order valence-corrected chi connectivity index (χ3v) is 5.76. The Morgan fingerprint density at radius 3 is 2.41 bits per heavy atom. The van der Waals surface area contributed by atoms with E-state index in [1.165, 1.54) is 6.07 Å². The Kier molecular flexibility index (Phi) is 5.24. The molecule has 1 aliphatic heterocycles. The van der Waals surface area contributed by atoms with Gasteiger partial charge in [0, 0.05) is 23.1 Å². The molecule has 3 aromatic carbocycles. The molecule has 1 aliphatic rings. The van der Waals surface area contributed by atoms with E-state index >= 15 is 0 Å². The molecule has 0 saturated heterocycles. The largest absolute Gasteiger partial charge is 0.504 e. The van der Waals surface area contributed by atoms with Crippen LogP contribution in [0.3, 0.4) is 0 Å². The first kappa shape index (κ1) is 21.6. The molecule has 2 N–H and O–H groups in total. The van der Waals surface area contributed by atoms with E-state index in [4.69, 9.17) is 13.9 Å². The second-order valence-corrected chi connectivity index (χ2v) is 8.42. The van der Waals surface area contributed by atoms with Gasteiger partial charge >= 0.3 is 5.97 Å². The van der Waals surface area contributed by atoms with E-state index in [1.807, 2.05) is 50.2 Å². The zero-order valence-corrected chi connectivity index (χ0v) is 18.6. The van der Waals surface area contributed by atoms with Gasteiger partial charge in [-0.15, -0.1) is 0 Å². The van der Waals surface area contributed by atoms with Gasteiger partial charge in [-0.1, -0.05) is 48.5 Å². The molecule has 7 heteroatoms. The molecule has 0 amide bonds. The molecule has 2 heterocycles. The second-order valence-electron chi connectivity index (χ2n) is 8.42. The molecule has 0 spiro atoms. The maximum absolute atomic E-state index is 13.1. The molecule has 0 saturated carbocycles. The molecule has 5 rings (SSSR count). The van der Waals surface area contributed by atoms with E-state index in [2.05, 4.69) is 0 Å². The van der Waals surface area contributed by atoms with Crippen LogP contribution in [-0.4, -0.2) is 22.3 Å². The minimum Gasteiger partial charge on any atom is -0.504 e. The molecule has 172 valence electrons. The number of carbonyl (C=O) groups excluding carboxylic acids is 1. The minimum absolute atomic E-state index is 0.0495. The predicted octanol–water partition coefficient (Wildman–Crippen LogP) is 5.10. The number of benzene rings is 3. The van der Waals surface area contributed by atoms with Gasteiger partial charge in [0.1, 0.15) is 22.5 Å². The van der Waals surface area contributed by atoms with Crippen LogP contribution in [0.4, 0.5) is 0 Å². The lowest BCUT2D eigenvalue weighted by molar-refractivity contribution is -0.135. The van der Waals surface area contributed by atoms with Gasteiger partial charge in [0.15, 0.2) is 16.9 Å². The maximum atomic E-state index is 13.1. The Balaban J connectivity index is 1.85. The third-order valence-electron chi connectivity index (χ3n) is 5.76. The maximum Gasteiger partial charge on any atom is 0.312 e. The average molecular weight is 458 g/mol. The van der Waals surface area contributed by atoms with E-state index in [0.29, 0.717) is 22.4 Å². The number of para-hydroxylation sites is 1. The summed E-state index contributed by atoms with van der Waals surface area (Å²) in [6.45, 7) is 3.79. The van der Waals surface area contributed by atoms with Gasteiger partial charge in [-0.25, -0.2) is 0 Å². The molecule has 1 aromatic heterocycles. The van der Waals surface area contributed by atoms with Crippen molar-refractivity contribution in [1.29, 1.82) is 0 Å². The summed E-state index contributed by atoms with van der Waals surface area (Å²) in [5, 5.41) is 21.2.